The summed E-state index contributed by atoms with van der Waals surface area (Å²) in [5, 5.41) is 42.6. The molecule has 10 nitrogen and oxygen atoms in total. The van der Waals surface area contributed by atoms with E-state index in [4.69, 9.17) is 4.74 Å². The molecule has 0 radical (unpaired) electrons. The number of nitrogens with zero attached hydrogens (tertiary/aromatic N) is 4. The molecule has 0 aliphatic rings. The van der Waals surface area contributed by atoms with Crippen LogP contribution < -0.4 is 10.1 Å². The third kappa shape index (κ3) is 5.14. The monoisotopic (exact) mass is 533 g/mol. The summed E-state index contributed by atoms with van der Waals surface area (Å²) in [6, 6.07) is 16.8. The molecule has 0 aliphatic heterocycles. The largest absolute Gasteiger partial charge is 0.506 e. The average Bonchev–Trinajstić information content (AvgIpc) is 2.92. The number of rotatable bonds is 8. The number of ether oxygens (including phenoxy) is 1. The van der Waals surface area contributed by atoms with E-state index in [1.54, 1.807) is 31.3 Å². The number of aromatic hydroxyl groups is 2. The molecule has 0 bridgehead atoms. The molecule has 196 valence electrons. The van der Waals surface area contributed by atoms with Gasteiger partial charge in [0, 0.05) is 30.0 Å². The lowest BCUT2D eigenvalue weighted by Crippen LogP contribution is -2.05. The van der Waals surface area contributed by atoms with Crippen LogP contribution in [-0.4, -0.2) is 38.5 Å². The lowest BCUT2D eigenvalue weighted by atomic mass is 10.1. The van der Waals surface area contributed by atoms with Crippen LogP contribution >= 0.6 is 0 Å². The highest BCUT2D eigenvalue weighted by Gasteiger charge is 2.21. The van der Waals surface area contributed by atoms with Crippen LogP contribution in [0.3, 0.4) is 0 Å². The van der Waals surface area contributed by atoms with E-state index in [1.165, 1.54) is 20.1 Å². The fourth-order valence-electron chi connectivity index (χ4n) is 3.82. The highest BCUT2D eigenvalue weighted by Crippen LogP contribution is 2.44. The molecule has 0 aromatic heterocycles. The average molecular weight is 534 g/mol. The molecular weight excluding hydrogens is 506 g/mol. The first-order valence-electron chi connectivity index (χ1n) is 11.7. The third-order valence-electron chi connectivity index (χ3n) is 6.01. The summed E-state index contributed by atoms with van der Waals surface area (Å²) in [5.41, 5.74) is 3.10. The van der Waals surface area contributed by atoms with Crippen molar-refractivity contribution in [3.05, 3.63) is 66.2 Å². The van der Waals surface area contributed by atoms with Crippen molar-refractivity contribution in [3.8, 4) is 17.2 Å². The third-order valence-corrected chi connectivity index (χ3v) is 7.76. The second-order valence-corrected chi connectivity index (χ2v) is 10.6. The number of benzene rings is 4. The van der Waals surface area contributed by atoms with E-state index in [1.807, 2.05) is 31.2 Å². The molecule has 4 rings (SSSR count). The van der Waals surface area contributed by atoms with Gasteiger partial charge in [0.2, 0.25) is 0 Å². The van der Waals surface area contributed by atoms with Gasteiger partial charge in [-0.2, -0.15) is 5.11 Å². The smallest absolute Gasteiger partial charge is 0.181 e. The van der Waals surface area contributed by atoms with Gasteiger partial charge in [-0.25, -0.2) is 8.42 Å². The number of sulfone groups is 1. The second-order valence-electron chi connectivity index (χ2n) is 8.32. The first-order chi connectivity index (χ1) is 18.2. The molecule has 0 saturated heterocycles. The van der Waals surface area contributed by atoms with E-state index in [2.05, 4.69) is 25.8 Å². The number of phenols is 2. The van der Waals surface area contributed by atoms with Gasteiger partial charge in [0.05, 0.1) is 24.2 Å². The van der Waals surface area contributed by atoms with Crippen LogP contribution in [0.5, 0.6) is 17.2 Å². The number of phenolic OH excluding ortho intramolecular Hbond substituents is 2. The van der Waals surface area contributed by atoms with E-state index in [9.17, 15) is 18.6 Å². The lowest BCUT2D eigenvalue weighted by molar-refractivity contribution is 0.399. The Hall–Kier alpha value is -4.51. The Kier molecular flexibility index (Phi) is 7.58. The van der Waals surface area contributed by atoms with E-state index >= 15 is 0 Å². The lowest BCUT2D eigenvalue weighted by Gasteiger charge is -2.11. The summed E-state index contributed by atoms with van der Waals surface area (Å²) in [6.45, 7) is 3.44. The molecule has 4 aromatic rings. The van der Waals surface area contributed by atoms with Gasteiger partial charge in [0.1, 0.15) is 33.5 Å². The summed E-state index contributed by atoms with van der Waals surface area (Å²) >= 11 is 0. The van der Waals surface area contributed by atoms with Gasteiger partial charge >= 0.3 is 0 Å². The van der Waals surface area contributed by atoms with E-state index in [0.717, 1.165) is 23.0 Å². The molecule has 0 spiro atoms. The predicted molar refractivity (Wildman–Crippen MR) is 147 cm³/mol. The van der Waals surface area contributed by atoms with Gasteiger partial charge in [-0.05, 0) is 42.8 Å². The molecule has 0 atom stereocenters. The number of nitrogens with one attached hydrogen (secondary N) is 1. The minimum absolute atomic E-state index is 0.0188. The topological polar surface area (TPSA) is 145 Å². The van der Waals surface area contributed by atoms with Crippen molar-refractivity contribution in [2.24, 2.45) is 20.5 Å². The number of fused-ring (bicyclic) bond motifs is 1. The first kappa shape index (κ1) is 26.6. The predicted octanol–water partition coefficient (Wildman–Crippen LogP) is 7.23. The maximum atomic E-state index is 12.3. The normalized spacial score (nSPS) is 12.0. The van der Waals surface area contributed by atoms with Crippen LogP contribution in [0.15, 0.2) is 86.0 Å². The second kappa shape index (κ2) is 10.9. The van der Waals surface area contributed by atoms with Crippen LogP contribution in [0.25, 0.3) is 10.8 Å². The zero-order valence-corrected chi connectivity index (χ0v) is 22.1. The molecule has 0 amide bonds. The summed E-state index contributed by atoms with van der Waals surface area (Å²) in [7, 11) is -0.536. The molecule has 11 heteroatoms. The molecule has 0 heterocycles. The zero-order valence-electron chi connectivity index (χ0n) is 21.3. The van der Waals surface area contributed by atoms with Crippen LogP contribution in [0.1, 0.15) is 12.5 Å². The van der Waals surface area contributed by atoms with Crippen molar-refractivity contribution in [2.75, 3.05) is 25.2 Å². The van der Waals surface area contributed by atoms with Crippen LogP contribution in [-0.2, 0) is 9.84 Å². The van der Waals surface area contributed by atoms with Crippen molar-refractivity contribution >= 4 is 49.0 Å². The maximum Gasteiger partial charge on any atom is 0.181 e. The fraction of sp³-hybridized carbons (Fsp3) is 0.185. The van der Waals surface area contributed by atoms with Crippen molar-refractivity contribution in [3.63, 3.8) is 0 Å². The molecular formula is C27H27N5O5S. The van der Waals surface area contributed by atoms with Gasteiger partial charge in [0.25, 0.3) is 0 Å². The Bertz CT molecular complexity index is 1680. The SMILES string of the molecule is CCS(=O)(=O)c1cc(O)c(/N=N/c2ccc3c(/N=N/c4ccccc4C)c(NC)ccc3c2O)cc1OC. The van der Waals surface area contributed by atoms with E-state index in [-0.39, 0.29) is 39.3 Å². The summed E-state index contributed by atoms with van der Waals surface area (Å²) < 4.78 is 29.8. The van der Waals surface area contributed by atoms with Crippen LogP contribution in [0, 0.1) is 6.92 Å². The molecule has 0 aliphatic carbocycles. The van der Waals surface area contributed by atoms with E-state index in [0.29, 0.717) is 16.5 Å². The number of hydrogen-bond donors (Lipinski definition) is 3. The summed E-state index contributed by atoms with van der Waals surface area (Å²) in [5.74, 6) is -0.655. The van der Waals surface area contributed by atoms with Crippen molar-refractivity contribution in [1.29, 1.82) is 0 Å². The van der Waals surface area contributed by atoms with Crippen molar-refractivity contribution in [1.82, 2.24) is 0 Å². The Labute approximate surface area is 220 Å². The highest BCUT2D eigenvalue weighted by atomic mass is 32.2. The number of anilines is 1. The van der Waals surface area contributed by atoms with Gasteiger partial charge in [-0.1, -0.05) is 25.1 Å². The Balaban J connectivity index is 1.76. The number of azo groups is 2. The minimum atomic E-state index is -3.63. The highest BCUT2D eigenvalue weighted by molar-refractivity contribution is 7.91. The summed E-state index contributed by atoms with van der Waals surface area (Å²) in [6.07, 6.45) is 0. The number of aryl methyl sites for hydroxylation is 1. The molecule has 0 saturated carbocycles. The fourth-order valence-corrected chi connectivity index (χ4v) is 4.87. The Morgan fingerprint density at radius 2 is 1.55 bits per heavy atom. The first-order valence-corrected chi connectivity index (χ1v) is 13.3. The van der Waals surface area contributed by atoms with E-state index < -0.39 is 9.84 Å². The molecule has 0 fully saturated rings. The van der Waals surface area contributed by atoms with Gasteiger partial charge in [0.15, 0.2) is 15.6 Å². The quantitative estimate of drug-likeness (QED) is 0.204. The van der Waals surface area contributed by atoms with Crippen molar-refractivity contribution < 1.29 is 23.4 Å². The molecule has 3 N–H and O–H groups in total. The standard InChI is InChI=1S/C27H27N5O5S/c1-5-38(35,36)25-15-23(33)22(14-24(25)37-4)31-30-21-13-10-17-18(27(21)34)11-12-20(28-3)26(17)32-29-19-9-7-6-8-16(19)2/h6-15,28,33-34H,5H2,1-4H3/b31-30+,32-29+. The van der Waals surface area contributed by atoms with Gasteiger partial charge < -0.3 is 20.3 Å². The summed E-state index contributed by atoms with van der Waals surface area (Å²) in [4.78, 5) is -0.139. The zero-order chi connectivity index (χ0) is 27.4. The Morgan fingerprint density at radius 3 is 2.24 bits per heavy atom. The minimum Gasteiger partial charge on any atom is -0.506 e. The van der Waals surface area contributed by atoms with Crippen molar-refractivity contribution in [2.45, 2.75) is 18.7 Å². The molecule has 38 heavy (non-hydrogen) atoms. The Morgan fingerprint density at radius 1 is 0.868 bits per heavy atom. The maximum absolute atomic E-state index is 12.3. The van der Waals surface area contributed by atoms with Gasteiger partial charge in [-0.3, -0.25) is 0 Å². The molecule has 4 aromatic carbocycles. The number of methoxy groups -OCH3 is 1. The molecule has 0 unspecified atom stereocenters. The number of hydrogen-bond acceptors (Lipinski definition) is 10. The van der Waals surface area contributed by atoms with Gasteiger partial charge in [-0.15, -0.1) is 15.3 Å². The van der Waals surface area contributed by atoms with Crippen LogP contribution in [0.4, 0.5) is 28.4 Å². The van der Waals surface area contributed by atoms with Crippen LogP contribution in [0.2, 0.25) is 0 Å².